The number of aromatic hydroxyl groups is 2. The quantitative estimate of drug-likeness (QED) is 0.714. The van der Waals surface area contributed by atoms with Crippen molar-refractivity contribution in [1.82, 2.24) is 0 Å². The average Bonchev–Trinajstić information content (AvgIpc) is 2.47. The number of cyclic esters (lactones) is 1. The summed E-state index contributed by atoms with van der Waals surface area (Å²) in [4.78, 5) is 24.0. The van der Waals surface area contributed by atoms with E-state index >= 15 is 0 Å². The van der Waals surface area contributed by atoms with Crippen molar-refractivity contribution in [2.24, 2.45) is 0 Å². The number of rotatable bonds is 0. The Labute approximate surface area is 135 Å². The van der Waals surface area contributed by atoms with Gasteiger partial charge in [0.2, 0.25) is 0 Å². The fraction of sp³-hybridized carbons (Fsp3) is 0.444. The summed E-state index contributed by atoms with van der Waals surface area (Å²) in [6.45, 7) is 1.77. The number of benzene rings is 1. The molecule has 2 N–H and O–H groups in total. The van der Waals surface area contributed by atoms with Gasteiger partial charge in [-0.2, -0.15) is 0 Å². The molecule has 1 aliphatic heterocycles. The number of allylic oxidation sites excluding steroid dienone is 1. The molecular formula is C18H22O5. The molecule has 0 saturated heterocycles. The van der Waals surface area contributed by atoms with Crippen LogP contribution in [-0.2, 0) is 9.53 Å². The van der Waals surface area contributed by atoms with E-state index in [9.17, 15) is 19.8 Å². The maximum atomic E-state index is 12.3. The minimum Gasteiger partial charge on any atom is -0.508 e. The van der Waals surface area contributed by atoms with E-state index < -0.39 is 5.97 Å². The molecule has 0 spiro atoms. The Balaban J connectivity index is 2.32. The SMILES string of the molecule is CC1CCCC(=O)CCCC=Cc2c(O)cc(O)cc2C(=O)O1. The summed E-state index contributed by atoms with van der Waals surface area (Å²) in [7, 11) is 0. The first-order chi connectivity index (χ1) is 11.0. The van der Waals surface area contributed by atoms with Gasteiger partial charge in [0.05, 0.1) is 11.7 Å². The Morgan fingerprint density at radius 1 is 1.13 bits per heavy atom. The van der Waals surface area contributed by atoms with Crippen LogP contribution in [0.2, 0.25) is 0 Å². The fourth-order valence-electron chi connectivity index (χ4n) is 2.60. The van der Waals surface area contributed by atoms with E-state index in [1.165, 1.54) is 12.1 Å². The molecule has 1 aromatic rings. The van der Waals surface area contributed by atoms with Crippen molar-refractivity contribution in [2.45, 2.75) is 51.6 Å². The lowest BCUT2D eigenvalue weighted by atomic mass is 10.0. The summed E-state index contributed by atoms with van der Waals surface area (Å²) in [6.07, 6.45) is 6.85. The molecule has 0 aliphatic carbocycles. The lowest BCUT2D eigenvalue weighted by Gasteiger charge is -2.15. The van der Waals surface area contributed by atoms with Gasteiger partial charge in [0.1, 0.15) is 17.3 Å². The monoisotopic (exact) mass is 318 g/mol. The number of esters is 1. The van der Waals surface area contributed by atoms with Crippen molar-refractivity contribution in [2.75, 3.05) is 0 Å². The molecule has 124 valence electrons. The van der Waals surface area contributed by atoms with Gasteiger partial charge in [0, 0.05) is 24.5 Å². The summed E-state index contributed by atoms with van der Waals surface area (Å²) in [5.74, 6) is -0.733. The van der Waals surface area contributed by atoms with Crippen molar-refractivity contribution in [3.63, 3.8) is 0 Å². The molecule has 1 aliphatic rings. The zero-order valence-electron chi connectivity index (χ0n) is 13.2. The highest BCUT2D eigenvalue weighted by atomic mass is 16.5. The first-order valence-corrected chi connectivity index (χ1v) is 7.92. The Kier molecular flexibility index (Phi) is 5.79. The van der Waals surface area contributed by atoms with Crippen LogP contribution < -0.4 is 0 Å². The number of hydrogen-bond donors (Lipinski definition) is 2. The zero-order valence-corrected chi connectivity index (χ0v) is 13.2. The fourth-order valence-corrected chi connectivity index (χ4v) is 2.60. The van der Waals surface area contributed by atoms with Crippen LogP contribution in [0.1, 0.15) is 61.4 Å². The number of Topliss-reactive ketones (excluding diaryl/α,β-unsaturated/α-hetero) is 1. The number of carbonyl (C=O) groups is 2. The van der Waals surface area contributed by atoms with Crippen molar-refractivity contribution < 1.29 is 24.5 Å². The van der Waals surface area contributed by atoms with Gasteiger partial charge < -0.3 is 14.9 Å². The second kappa shape index (κ2) is 7.81. The highest BCUT2D eigenvalue weighted by Crippen LogP contribution is 2.30. The number of ether oxygens (including phenoxy) is 1. The molecule has 0 saturated carbocycles. The topological polar surface area (TPSA) is 83.8 Å². The number of phenols is 2. The maximum Gasteiger partial charge on any atom is 0.339 e. The van der Waals surface area contributed by atoms with Gasteiger partial charge in [0.25, 0.3) is 0 Å². The summed E-state index contributed by atoms with van der Waals surface area (Å²) >= 11 is 0. The Hall–Kier alpha value is -2.30. The van der Waals surface area contributed by atoms with Crippen molar-refractivity contribution in [3.05, 3.63) is 29.3 Å². The highest BCUT2D eigenvalue weighted by molar-refractivity contribution is 5.95. The van der Waals surface area contributed by atoms with Gasteiger partial charge in [-0.05, 0) is 38.7 Å². The van der Waals surface area contributed by atoms with Crippen molar-refractivity contribution in [3.8, 4) is 11.5 Å². The highest BCUT2D eigenvalue weighted by Gasteiger charge is 2.19. The Morgan fingerprint density at radius 2 is 1.87 bits per heavy atom. The van der Waals surface area contributed by atoms with Crippen LogP contribution in [0, 0.1) is 0 Å². The zero-order chi connectivity index (χ0) is 16.8. The van der Waals surface area contributed by atoms with Crippen LogP contribution in [0.15, 0.2) is 18.2 Å². The summed E-state index contributed by atoms with van der Waals surface area (Å²) in [5.41, 5.74) is 0.460. The second-order valence-electron chi connectivity index (χ2n) is 5.87. The van der Waals surface area contributed by atoms with Crippen LogP contribution in [0.5, 0.6) is 11.5 Å². The predicted molar refractivity (Wildman–Crippen MR) is 86.4 cm³/mol. The summed E-state index contributed by atoms with van der Waals surface area (Å²) < 4.78 is 5.36. The minimum atomic E-state index is -0.591. The van der Waals surface area contributed by atoms with E-state index in [4.69, 9.17) is 4.74 Å². The van der Waals surface area contributed by atoms with Crippen LogP contribution in [0.4, 0.5) is 0 Å². The van der Waals surface area contributed by atoms with Gasteiger partial charge in [0.15, 0.2) is 0 Å². The normalized spacial score (nSPS) is 20.5. The summed E-state index contributed by atoms with van der Waals surface area (Å²) in [6, 6.07) is 2.48. The molecule has 1 aromatic carbocycles. The molecule has 5 nitrogen and oxygen atoms in total. The van der Waals surface area contributed by atoms with Crippen LogP contribution in [0.25, 0.3) is 6.08 Å². The van der Waals surface area contributed by atoms with Gasteiger partial charge in [-0.1, -0.05) is 12.2 Å². The molecule has 5 heteroatoms. The molecule has 23 heavy (non-hydrogen) atoms. The molecule has 2 rings (SSSR count). The molecule has 1 unspecified atom stereocenters. The predicted octanol–water partition coefficient (Wildman–Crippen LogP) is 3.58. The molecule has 0 bridgehead atoms. The van der Waals surface area contributed by atoms with E-state index in [2.05, 4.69) is 0 Å². The molecule has 1 heterocycles. The van der Waals surface area contributed by atoms with Crippen LogP contribution in [0.3, 0.4) is 0 Å². The molecule has 0 amide bonds. The Bertz CT molecular complexity index is 618. The molecular weight excluding hydrogens is 296 g/mol. The maximum absolute atomic E-state index is 12.3. The van der Waals surface area contributed by atoms with Gasteiger partial charge in [-0.15, -0.1) is 0 Å². The second-order valence-corrected chi connectivity index (χ2v) is 5.87. The Morgan fingerprint density at radius 3 is 2.65 bits per heavy atom. The van der Waals surface area contributed by atoms with Crippen LogP contribution >= 0.6 is 0 Å². The van der Waals surface area contributed by atoms with E-state index in [0.29, 0.717) is 37.7 Å². The van der Waals surface area contributed by atoms with E-state index in [0.717, 1.165) is 6.42 Å². The van der Waals surface area contributed by atoms with Gasteiger partial charge in [-0.3, -0.25) is 4.79 Å². The third-order valence-electron chi connectivity index (χ3n) is 3.85. The average molecular weight is 318 g/mol. The molecule has 0 fully saturated rings. The van der Waals surface area contributed by atoms with E-state index in [-0.39, 0.29) is 28.9 Å². The van der Waals surface area contributed by atoms with E-state index in [1.54, 1.807) is 13.0 Å². The minimum absolute atomic E-state index is 0.138. The molecule has 0 radical (unpaired) electrons. The largest absolute Gasteiger partial charge is 0.508 e. The summed E-state index contributed by atoms with van der Waals surface area (Å²) in [5, 5.41) is 19.6. The lowest BCUT2D eigenvalue weighted by molar-refractivity contribution is -0.119. The first-order valence-electron chi connectivity index (χ1n) is 7.92. The third kappa shape index (κ3) is 4.84. The third-order valence-corrected chi connectivity index (χ3v) is 3.85. The van der Waals surface area contributed by atoms with Gasteiger partial charge in [-0.25, -0.2) is 4.79 Å². The van der Waals surface area contributed by atoms with Crippen molar-refractivity contribution in [1.29, 1.82) is 0 Å². The number of phenolic OH excluding ortho intramolecular Hbond substituents is 2. The smallest absolute Gasteiger partial charge is 0.339 e. The number of carbonyl (C=O) groups excluding carboxylic acids is 2. The lowest BCUT2D eigenvalue weighted by Crippen LogP contribution is -2.16. The standard InChI is InChI=1S/C18H22O5/c1-12-6-5-8-13(19)7-3-2-4-9-15-16(18(22)23-12)10-14(20)11-17(15)21/h4,9-12,20-21H,2-3,5-8H2,1H3. The number of hydrogen-bond acceptors (Lipinski definition) is 5. The first kappa shape index (κ1) is 17.1. The number of fused-ring (bicyclic) bond motifs is 1. The van der Waals surface area contributed by atoms with Crippen LogP contribution in [-0.4, -0.2) is 28.1 Å². The number of ketones is 1. The van der Waals surface area contributed by atoms with E-state index in [1.807, 2.05) is 6.08 Å². The van der Waals surface area contributed by atoms with Gasteiger partial charge >= 0.3 is 5.97 Å². The van der Waals surface area contributed by atoms with Crippen molar-refractivity contribution >= 4 is 17.8 Å². The molecule has 0 aromatic heterocycles. The molecule has 1 atom stereocenters.